The first-order valence-electron chi connectivity index (χ1n) is 6.66. The molecule has 0 spiro atoms. The molecule has 0 aromatic carbocycles. The Morgan fingerprint density at radius 1 is 1.29 bits per heavy atom. The molecule has 0 aromatic heterocycles. The highest BCUT2D eigenvalue weighted by molar-refractivity contribution is 5.71. The maximum Gasteiger partial charge on any atom is 0.319 e. The fraction of sp³-hybridized carbons (Fsp3) is 0.923. The number of likely N-dealkylation sites (tertiary alicyclic amines) is 1. The molecule has 1 rings (SSSR count). The summed E-state index contributed by atoms with van der Waals surface area (Å²) in [7, 11) is 1.45. The summed E-state index contributed by atoms with van der Waals surface area (Å²) in [6, 6.07) is 0.388. The summed E-state index contributed by atoms with van der Waals surface area (Å²) in [5, 5.41) is 0. The maximum atomic E-state index is 11.3. The summed E-state index contributed by atoms with van der Waals surface area (Å²) in [4.78, 5) is 16.0. The van der Waals surface area contributed by atoms with Crippen LogP contribution in [0, 0.1) is 0 Å². The van der Waals surface area contributed by atoms with Gasteiger partial charge in [0.25, 0.3) is 0 Å². The number of hydrogen-bond acceptors (Lipinski definition) is 4. The molecule has 0 amide bonds. The van der Waals surface area contributed by atoms with Crippen molar-refractivity contribution in [2.24, 2.45) is 0 Å². The first-order chi connectivity index (χ1) is 8.13. The largest absolute Gasteiger partial charge is 0.468 e. The molecule has 17 heavy (non-hydrogen) atoms. The molecule has 1 fully saturated rings. The van der Waals surface area contributed by atoms with Gasteiger partial charge in [-0.2, -0.15) is 0 Å². The fourth-order valence-electron chi connectivity index (χ4n) is 2.20. The third-order valence-corrected chi connectivity index (χ3v) is 3.44. The summed E-state index contributed by atoms with van der Waals surface area (Å²) in [5.41, 5.74) is 0. The van der Waals surface area contributed by atoms with E-state index in [0.29, 0.717) is 12.6 Å². The molecule has 0 saturated carbocycles. The minimum Gasteiger partial charge on any atom is -0.468 e. The summed E-state index contributed by atoms with van der Waals surface area (Å²) in [5.74, 6) is -0.141. The second-order valence-electron chi connectivity index (χ2n) is 5.04. The van der Waals surface area contributed by atoms with E-state index in [4.69, 9.17) is 4.74 Å². The van der Waals surface area contributed by atoms with Crippen LogP contribution in [0.1, 0.15) is 33.1 Å². The van der Waals surface area contributed by atoms with E-state index in [1.54, 1.807) is 0 Å². The Kier molecular flexibility index (Phi) is 6.52. The molecule has 0 N–H and O–H groups in total. The van der Waals surface area contributed by atoms with Gasteiger partial charge in [-0.05, 0) is 39.8 Å². The number of hydrogen-bond donors (Lipinski definition) is 0. The quantitative estimate of drug-likeness (QED) is 0.658. The van der Waals surface area contributed by atoms with Crippen molar-refractivity contribution in [2.75, 3.05) is 39.8 Å². The SMILES string of the molecule is COC(=O)CN(CCN1CCCCC1)C(C)C. The van der Waals surface area contributed by atoms with Gasteiger partial charge in [-0.15, -0.1) is 0 Å². The van der Waals surface area contributed by atoms with E-state index >= 15 is 0 Å². The average Bonchev–Trinajstić information content (AvgIpc) is 2.35. The third-order valence-electron chi connectivity index (χ3n) is 3.44. The van der Waals surface area contributed by atoms with Crippen LogP contribution in [0.3, 0.4) is 0 Å². The van der Waals surface area contributed by atoms with Crippen LogP contribution in [0.2, 0.25) is 0 Å². The first-order valence-corrected chi connectivity index (χ1v) is 6.66. The van der Waals surface area contributed by atoms with E-state index < -0.39 is 0 Å². The predicted octanol–water partition coefficient (Wildman–Crippen LogP) is 1.36. The maximum absolute atomic E-state index is 11.3. The van der Waals surface area contributed by atoms with Gasteiger partial charge in [0, 0.05) is 19.1 Å². The van der Waals surface area contributed by atoms with Gasteiger partial charge < -0.3 is 9.64 Å². The molecule has 0 unspecified atom stereocenters. The lowest BCUT2D eigenvalue weighted by Crippen LogP contribution is -2.42. The molecule has 1 saturated heterocycles. The molecule has 4 heteroatoms. The van der Waals surface area contributed by atoms with Crippen molar-refractivity contribution in [3.8, 4) is 0 Å². The Bertz CT molecular complexity index is 225. The molecular weight excluding hydrogens is 216 g/mol. The highest BCUT2D eigenvalue weighted by atomic mass is 16.5. The van der Waals surface area contributed by atoms with Gasteiger partial charge in [-0.1, -0.05) is 6.42 Å². The van der Waals surface area contributed by atoms with E-state index in [0.717, 1.165) is 13.1 Å². The predicted molar refractivity (Wildman–Crippen MR) is 69.0 cm³/mol. The van der Waals surface area contributed by atoms with Crippen molar-refractivity contribution in [3.05, 3.63) is 0 Å². The van der Waals surface area contributed by atoms with Crippen LogP contribution in [0.4, 0.5) is 0 Å². The van der Waals surface area contributed by atoms with Crippen LogP contribution >= 0.6 is 0 Å². The molecule has 0 aromatic rings. The Labute approximate surface area is 105 Å². The molecule has 0 aliphatic carbocycles. The van der Waals surface area contributed by atoms with Crippen LogP contribution in [0.25, 0.3) is 0 Å². The van der Waals surface area contributed by atoms with E-state index in [-0.39, 0.29) is 5.97 Å². The number of piperidine rings is 1. The van der Waals surface area contributed by atoms with Crippen LogP contribution in [0.15, 0.2) is 0 Å². The van der Waals surface area contributed by atoms with Crippen LogP contribution in [-0.2, 0) is 9.53 Å². The number of esters is 1. The highest BCUT2D eigenvalue weighted by Gasteiger charge is 2.16. The van der Waals surface area contributed by atoms with Crippen molar-refractivity contribution in [1.29, 1.82) is 0 Å². The molecule has 100 valence electrons. The van der Waals surface area contributed by atoms with Gasteiger partial charge in [0.1, 0.15) is 0 Å². The molecule has 0 atom stereocenters. The Balaban J connectivity index is 2.30. The van der Waals surface area contributed by atoms with Crippen molar-refractivity contribution >= 4 is 5.97 Å². The van der Waals surface area contributed by atoms with Crippen LogP contribution in [0.5, 0.6) is 0 Å². The van der Waals surface area contributed by atoms with Crippen molar-refractivity contribution in [2.45, 2.75) is 39.2 Å². The number of nitrogens with zero attached hydrogens (tertiary/aromatic N) is 2. The minimum absolute atomic E-state index is 0.141. The first kappa shape index (κ1) is 14.5. The smallest absolute Gasteiger partial charge is 0.319 e. The van der Waals surface area contributed by atoms with Crippen molar-refractivity contribution in [3.63, 3.8) is 0 Å². The topological polar surface area (TPSA) is 32.8 Å². The third kappa shape index (κ3) is 5.50. The monoisotopic (exact) mass is 242 g/mol. The summed E-state index contributed by atoms with van der Waals surface area (Å²) >= 11 is 0. The molecule has 0 radical (unpaired) electrons. The fourth-order valence-corrected chi connectivity index (χ4v) is 2.20. The number of ether oxygens (including phenoxy) is 1. The van der Waals surface area contributed by atoms with Crippen LogP contribution in [-0.4, -0.2) is 61.6 Å². The number of methoxy groups -OCH3 is 1. The molecule has 1 aliphatic rings. The van der Waals surface area contributed by atoms with Gasteiger partial charge in [-0.3, -0.25) is 9.69 Å². The van der Waals surface area contributed by atoms with E-state index in [9.17, 15) is 4.79 Å². The second kappa shape index (κ2) is 7.67. The Morgan fingerprint density at radius 3 is 2.47 bits per heavy atom. The number of carbonyl (C=O) groups is 1. The summed E-state index contributed by atoms with van der Waals surface area (Å²) in [6.45, 7) is 9.09. The molecule has 0 bridgehead atoms. The van der Waals surface area contributed by atoms with Gasteiger partial charge in [0.2, 0.25) is 0 Å². The summed E-state index contributed by atoms with van der Waals surface area (Å²) in [6.07, 6.45) is 4.00. The lowest BCUT2D eigenvalue weighted by Gasteiger charge is -2.31. The zero-order chi connectivity index (χ0) is 12.7. The van der Waals surface area contributed by atoms with Crippen molar-refractivity contribution in [1.82, 2.24) is 9.80 Å². The van der Waals surface area contributed by atoms with Gasteiger partial charge in [0.15, 0.2) is 0 Å². The molecule has 1 heterocycles. The Hall–Kier alpha value is -0.610. The highest BCUT2D eigenvalue weighted by Crippen LogP contribution is 2.08. The lowest BCUT2D eigenvalue weighted by molar-refractivity contribution is -0.142. The van der Waals surface area contributed by atoms with E-state index in [1.165, 1.54) is 39.5 Å². The van der Waals surface area contributed by atoms with Gasteiger partial charge in [-0.25, -0.2) is 0 Å². The van der Waals surface area contributed by atoms with Gasteiger partial charge in [0.05, 0.1) is 13.7 Å². The zero-order valence-corrected chi connectivity index (χ0v) is 11.4. The lowest BCUT2D eigenvalue weighted by atomic mass is 10.1. The number of rotatable bonds is 6. The molecule has 4 nitrogen and oxygen atoms in total. The Morgan fingerprint density at radius 2 is 1.94 bits per heavy atom. The van der Waals surface area contributed by atoms with E-state index in [2.05, 4.69) is 23.6 Å². The molecule has 1 aliphatic heterocycles. The summed E-state index contributed by atoms with van der Waals surface area (Å²) < 4.78 is 4.73. The second-order valence-corrected chi connectivity index (χ2v) is 5.04. The van der Waals surface area contributed by atoms with Gasteiger partial charge >= 0.3 is 5.97 Å². The molecular formula is C13H26N2O2. The van der Waals surface area contributed by atoms with Crippen LogP contribution < -0.4 is 0 Å². The normalized spacial score (nSPS) is 17.7. The number of carbonyl (C=O) groups excluding carboxylic acids is 1. The van der Waals surface area contributed by atoms with E-state index in [1.807, 2.05) is 0 Å². The standard InChI is InChI=1S/C13H26N2O2/c1-12(2)15(11-13(16)17-3)10-9-14-7-5-4-6-8-14/h12H,4-11H2,1-3H3. The minimum atomic E-state index is -0.141. The zero-order valence-electron chi connectivity index (χ0n) is 11.4. The average molecular weight is 242 g/mol. The van der Waals surface area contributed by atoms with Crippen molar-refractivity contribution < 1.29 is 9.53 Å².